The molecule has 5 nitrogen and oxygen atoms in total. The number of rotatable bonds is 4. The molecule has 1 unspecified atom stereocenters. The number of ether oxygens (including phenoxy) is 1. The Hall–Kier alpha value is -1.49. The molecule has 1 aromatic rings. The lowest BCUT2D eigenvalue weighted by atomic mass is 10.3. The van der Waals surface area contributed by atoms with Crippen LogP contribution in [0.1, 0.15) is 12.6 Å². The molecule has 0 saturated heterocycles. The van der Waals surface area contributed by atoms with Crippen molar-refractivity contribution in [2.24, 2.45) is 0 Å². The van der Waals surface area contributed by atoms with Gasteiger partial charge in [0, 0.05) is 12.7 Å². The number of hydrogen-bond donors (Lipinski definition) is 1. The third kappa shape index (κ3) is 3.10. The number of carbonyl (C=O) groups excluding carboxylic acids is 1. The first-order valence-corrected chi connectivity index (χ1v) is 4.30. The number of aromatic nitrogens is 2. The van der Waals surface area contributed by atoms with Crippen LogP contribution < -0.4 is 5.32 Å². The van der Waals surface area contributed by atoms with Crippen molar-refractivity contribution in [1.82, 2.24) is 15.3 Å². The van der Waals surface area contributed by atoms with E-state index in [2.05, 4.69) is 20.0 Å². The van der Waals surface area contributed by atoms with Crippen LogP contribution in [0.4, 0.5) is 0 Å². The molecule has 1 aromatic heterocycles. The molecule has 5 heteroatoms. The fourth-order valence-corrected chi connectivity index (χ4v) is 0.940. The van der Waals surface area contributed by atoms with E-state index in [0.717, 1.165) is 5.69 Å². The molecule has 0 fully saturated rings. The Bertz CT molecular complexity index is 289. The second kappa shape index (κ2) is 5.29. The second-order valence-corrected chi connectivity index (χ2v) is 2.83. The third-order valence-corrected chi connectivity index (χ3v) is 1.79. The van der Waals surface area contributed by atoms with E-state index in [1.165, 1.54) is 13.4 Å². The predicted octanol–water partition coefficient (Wildman–Crippen LogP) is 0.128. The highest BCUT2D eigenvalue weighted by molar-refractivity contribution is 5.74. The van der Waals surface area contributed by atoms with Crippen molar-refractivity contribution in [2.45, 2.75) is 19.5 Å². The van der Waals surface area contributed by atoms with Crippen LogP contribution in [0.15, 0.2) is 18.6 Å². The minimum atomic E-state index is -0.324. The van der Waals surface area contributed by atoms with Crippen LogP contribution >= 0.6 is 0 Å². The van der Waals surface area contributed by atoms with Gasteiger partial charge >= 0.3 is 5.97 Å². The van der Waals surface area contributed by atoms with Gasteiger partial charge in [0.05, 0.1) is 12.8 Å². The van der Waals surface area contributed by atoms with Gasteiger partial charge in [-0.2, -0.15) is 0 Å². The van der Waals surface area contributed by atoms with Gasteiger partial charge in [0.2, 0.25) is 0 Å². The van der Waals surface area contributed by atoms with Crippen molar-refractivity contribution in [2.75, 3.05) is 7.11 Å². The minimum Gasteiger partial charge on any atom is -0.468 e. The summed E-state index contributed by atoms with van der Waals surface area (Å²) in [5, 5.41) is 2.98. The minimum absolute atomic E-state index is 0.279. The molecule has 0 aliphatic heterocycles. The fraction of sp³-hybridized carbons (Fsp3) is 0.444. The lowest BCUT2D eigenvalue weighted by Gasteiger charge is -2.10. The number of hydrogen-bond acceptors (Lipinski definition) is 5. The maximum atomic E-state index is 11.0. The molecule has 0 saturated carbocycles. The molecule has 0 aromatic carbocycles. The molecular weight excluding hydrogens is 182 g/mol. The summed E-state index contributed by atoms with van der Waals surface area (Å²) in [4.78, 5) is 18.8. The van der Waals surface area contributed by atoms with Gasteiger partial charge in [0.15, 0.2) is 0 Å². The van der Waals surface area contributed by atoms with Gasteiger partial charge in [0.1, 0.15) is 12.4 Å². The van der Waals surface area contributed by atoms with Gasteiger partial charge in [-0.25, -0.2) is 9.97 Å². The zero-order valence-corrected chi connectivity index (χ0v) is 8.23. The van der Waals surface area contributed by atoms with E-state index in [-0.39, 0.29) is 12.0 Å². The Morgan fingerprint density at radius 1 is 1.71 bits per heavy atom. The van der Waals surface area contributed by atoms with Gasteiger partial charge in [0.25, 0.3) is 0 Å². The molecule has 14 heavy (non-hydrogen) atoms. The lowest BCUT2D eigenvalue weighted by Crippen LogP contribution is -2.34. The summed E-state index contributed by atoms with van der Waals surface area (Å²) in [5.74, 6) is -0.279. The zero-order valence-electron chi connectivity index (χ0n) is 8.23. The maximum Gasteiger partial charge on any atom is 0.322 e. The van der Waals surface area contributed by atoms with Gasteiger partial charge in [-0.15, -0.1) is 0 Å². The summed E-state index contributed by atoms with van der Waals surface area (Å²) in [7, 11) is 1.37. The van der Waals surface area contributed by atoms with Gasteiger partial charge in [-0.1, -0.05) is 0 Å². The fourth-order valence-electron chi connectivity index (χ4n) is 0.940. The summed E-state index contributed by atoms with van der Waals surface area (Å²) in [5.41, 5.74) is 0.843. The Morgan fingerprint density at radius 3 is 3.07 bits per heavy atom. The molecule has 1 rings (SSSR count). The van der Waals surface area contributed by atoms with Crippen molar-refractivity contribution in [3.63, 3.8) is 0 Å². The molecule has 76 valence electrons. The number of esters is 1. The molecule has 0 aliphatic carbocycles. The normalized spacial score (nSPS) is 12.1. The van der Waals surface area contributed by atoms with Crippen LogP contribution in [0.5, 0.6) is 0 Å². The molecule has 1 heterocycles. The quantitative estimate of drug-likeness (QED) is 0.692. The SMILES string of the molecule is COC(=O)C(C)NCc1ccncn1. The average Bonchev–Trinajstić information content (AvgIpc) is 2.26. The number of carbonyl (C=O) groups is 1. The van der Waals surface area contributed by atoms with Crippen LogP contribution in [-0.4, -0.2) is 29.1 Å². The Morgan fingerprint density at radius 2 is 2.50 bits per heavy atom. The van der Waals surface area contributed by atoms with E-state index in [4.69, 9.17) is 0 Å². The van der Waals surface area contributed by atoms with Crippen molar-refractivity contribution < 1.29 is 9.53 Å². The van der Waals surface area contributed by atoms with Gasteiger partial charge in [-0.05, 0) is 13.0 Å². The monoisotopic (exact) mass is 195 g/mol. The Labute approximate surface area is 82.5 Å². The van der Waals surface area contributed by atoms with Crippen LogP contribution in [0.2, 0.25) is 0 Å². The molecule has 0 radical (unpaired) electrons. The van der Waals surface area contributed by atoms with E-state index in [1.54, 1.807) is 19.2 Å². The van der Waals surface area contributed by atoms with E-state index in [0.29, 0.717) is 6.54 Å². The smallest absolute Gasteiger partial charge is 0.322 e. The largest absolute Gasteiger partial charge is 0.468 e. The van der Waals surface area contributed by atoms with Crippen LogP contribution in [0.3, 0.4) is 0 Å². The molecular formula is C9H13N3O2. The molecule has 0 aliphatic rings. The topological polar surface area (TPSA) is 64.1 Å². The second-order valence-electron chi connectivity index (χ2n) is 2.83. The Kier molecular flexibility index (Phi) is 4.00. The van der Waals surface area contributed by atoms with Crippen LogP contribution in [0.25, 0.3) is 0 Å². The standard InChI is InChI=1S/C9H13N3O2/c1-7(9(13)14-2)11-5-8-3-4-10-6-12-8/h3-4,6-7,11H,5H2,1-2H3. The third-order valence-electron chi connectivity index (χ3n) is 1.79. The summed E-state index contributed by atoms with van der Waals surface area (Å²) in [6, 6.07) is 1.46. The van der Waals surface area contributed by atoms with E-state index in [1.807, 2.05) is 0 Å². The number of nitrogens with zero attached hydrogens (tertiary/aromatic N) is 2. The van der Waals surface area contributed by atoms with E-state index in [9.17, 15) is 4.79 Å². The van der Waals surface area contributed by atoms with Gasteiger partial charge < -0.3 is 4.74 Å². The summed E-state index contributed by atoms with van der Waals surface area (Å²) in [6.07, 6.45) is 3.13. The first kappa shape index (κ1) is 10.6. The highest BCUT2D eigenvalue weighted by Gasteiger charge is 2.11. The molecule has 0 amide bonds. The summed E-state index contributed by atoms with van der Waals surface area (Å²) >= 11 is 0. The Balaban J connectivity index is 2.38. The number of methoxy groups -OCH3 is 1. The van der Waals surface area contributed by atoms with Crippen molar-refractivity contribution in [3.05, 3.63) is 24.3 Å². The van der Waals surface area contributed by atoms with Crippen molar-refractivity contribution >= 4 is 5.97 Å². The first-order valence-electron chi connectivity index (χ1n) is 4.30. The van der Waals surface area contributed by atoms with Crippen LogP contribution in [0, 0.1) is 0 Å². The summed E-state index contributed by atoms with van der Waals surface area (Å²) in [6.45, 7) is 2.27. The number of nitrogens with one attached hydrogen (secondary N) is 1. The molecule has 0 bridgehead atoms. The van der Waals surface area contributed by atoms with E-state index < -0.39 is 0 Å². The van der Waals surface area contributed by atoms with Crippen molar-refractivity contribution in [1.29, 1.82) is 0 Å². The average molecular weight is 195 g/mol. The van der Waals surface area contributed by atoms with Crippen LogP contribution in [-0.2, 0) is 16.1 Å². The molecule has 1 atom stereocenters. The summed E-state index contributed by atoms with van der Waals surface area (Å²) < 4.78 is 4.57. The molecule has 1 N–H and O–H groups in total. The zero-order chi connectivity index (χ0) is 10.4. The predicted molar refractivity (Wildman–Crippen MR) is 50.3 cm³/mol. The highest BCUT2D eigenvalue weighted by Crippen LogP contribution is 1.92. The lowest BCUT2D eigenvalue weighted by molar-refractivity contribution is -0.142. The maximum absolute atomic E-state index is 11.0. The molecule has 0 spiro atoms. The first-order chi connectivity index (χ1) is 6.74. The van der Waals surface area contributed by atoms with Gasteiger partial charge in [-0.3, -0.25) is 10.1 Å². The van der Waals surface area contributed by atoms with Crippen molar-refractivity contribution in [3.8, 4) is 0 Å². The highest BCUT2D eigenvalue weighted by atomic mass is 16.5. The van der Waals surface area contributed by atoms with E-state index >= 15 is 0 Å².